The van der Waals surface area contributed by atoms with E-state index in [1.165, 1.54) is 42.6 Å². The van der Waals surface area contributed by atoms with Crippen molar-refractivity contribution in [1.82, 2.24) is 19.1 Å². The highest BCUT2D eigenvalue weighted by Gasteiger charge is 2.41. The van der Waals surface area contributed by atoms with Crippen molar-refractivity contribution < 1.29 is 4.42 Å². The highest BCUT2D eigenvalue weighted by molar-refractivity contribution is 7.19. The van der Waals surface area contributed by atoms with Gasteiger partial charge in [-0.2, -0.15) is 0 Å². The Morgan fingerprint density at radius 1 is 0.300 bits per heavy atom. The molecule has 0 aliphatic rings. The lowest BCUT2D eigenvalue weighted by Crippen LogP contribution is -2.74. The molecule has 4 heterocycles. The van der Waals surface area contributed by atoms with E-state index in [1.54, 1.807) is 0 Å². The second-order valence-corrected chi connectivity index (χ2v) is 21.9. The van der Waals surface area contributed by atoms with Crippen molar-refractivity contribution in [3.05, 3.63) is 255 Å². The first-order valence-corrected chi connectivity index (χ1v) is 25.8. The van der Waals surface area contributed by atoms with Crippen molar-refractivity contribution in [2.24, 2.45) is 0 Å². The fraction of sp³-hybridized carbons (Fsp3) is 0. The lowest BCUT2D eigenvalue weighted by molar-refractivity contribution is 0.669. The van der Waals surface area contributed by atoms with Crippen molar-refractivity contribution in [2.75, 3.05) is 0 Å². The van der Waals surface area contributed by atoms with Crippen LogP contribution < -0.4 is 20.7 Å². The topological polar surface area (TPSA) is 48.8 Å². The van der Waals surface area contributed by atoms with E-state index in [2.05, 4.69) is 252 Å². The summed E-state index contributed by atoms with van der Waals surface area (Å²) in [6.45, 7) is 0. The van der Waals surface area contributed by atoms with Crippen LogP contribution in [0.3, 0.4) is 0 Å². The van der Waals surface area contributed by atoms with Gasteiger partial charge in [0.1, 0.15) is 11.2 Å². The van der Waals surface area contributed by atoms with Crippen LogP contribution in [0.15, 0.2) is 259 Å². The van der Waals surface area contributed by atoms with Crippen LogP contribution >= 0.6 is 0 Å². The molecule has 0 saturated heterocycles. The molecule has 10 aromatic carbocycles. The first-order chi connectivity index (χ1) is 34.7. The number of hydrogen-bond acceptors (Lipinski definition) is 3. The maximum absolute atomic E-state index is 6.48. The summed E-state index contributed by atoms with van der Waals surface area (Å²) in [5.41, 5.74) is 10.8. The van der Waals surface area contributed by atoms with Crippen molar-refractivity contribution >= 4 is 94.4 Å². The summed E-state index contributed by atoms with van der Waals surface area (Å²) in [5, 5.41) is 12.1. The zero-order valence-electron chi connectivity index (χ0n) is 37.9. The maximum atomic E-state index is 6.48. The van der Waals surface area contributed by atoms with Crippen LogP contribution in [0.2, 0.25) is 0 Å². The monoisotopic (exact) mass is 910 g/mol. The molecule has 6 heteroatoms. The number of fused-ring (bicyclic) bond motifs is 9. The van der Waals surface area contributed by atoms with Gasteiger partial charge in [0.25, 0.3) is 0 Å². The molecule has 328 valence electrons. The normalized spacial score (nSPS) is 12.0. The third-order valence-corrected chi connectivity index (χ3v) is 19.1. The predicted molar refractivity (Wildman–Crippen MR) is 292 cm³/mol. The van der Waals surface area contributed by atoms with E-state index in [1.807, 2.05) is 12.1 Å². The molecule has 14 aromatic rings. The minimum atomic E-state index is -2.85. The molecule has 0 unspecified atom stereocenters. The molecule has 0 N–H and O–H groups in total. The summed E-state index contributed by atoms with van der Waals surface area (Å²) >= 11 is 0. The molecule has 5 nitrogen and oxygen atoms in total. The largest absolute Gasteiger partial charge is 0.456 e. The Morgan fingerprint density at radius 2 is 0.771 bits per heavy atom. The van der Waals surface area contributed by atoms with Crippen LogP contribution in [0.4, 0.5) is 0 Å². The number of nitrogens with zero attached hydrogens (tertiary/aromatic N) is 4. The zero-order chi connectivity index (χ0) is 46.2. The standard InChI is InChI=1S/C64H42N4OSi/c1-4-20-46(21-5-1)70(47-22-6-2-7-23-47,48-24-8-3-9-25-48)49-26-18-19-43(39-49)56-42-57(44-35-37-54-53-30-13-17-34-62(53)69-63(54)40-44)66-64(65-56)68-60-33-16-12-29-52(60)55-41-45(36-38-61(55)68)67-58-31-14-10-27-50(58)51-28-11-15-32-59(51)67/h1-42H. The van der Waals surface area contributed by atoms with E-state index in [0.29, 0.717) is 5.95 Å². The molecule has 0 bridgehead atoms. The van der Waals surface area contributed by atoms with Gasteiger partial charge < -0.3 is 8.98 Å². The van der Waals surface area contributed by atoms with Crippen LogP contribution in [-0.2, 0) is 0 Å². The molecule has 4 aromatic heterocycles. The van der Waals surface area contributed by atoms with Crippen molar-refractivity contribution in [3.8, 4) is 34.2 Å². The van der Waals surface area contributed by atoms with Crippen LogP contribution in [-0.4, -0.2) is 27.2 Å². The van der Waals surface area contributed by atoms with Crippen LogP contribution in [0.25, 0.3) is 99.7 Å². The minimum absolute atomic E-state index is 0.594. The van der Waals surface area contributed by atoms with Gasteiger partial charge in [-0.3, -0.25) is 4.57 Å². The second-order valence-electron chi connectivity index (χ2n) is 18.1. The maximum Gasteiger partial charge on any atom is 0.235 e. The van der Waals surface area contributed by atoms with Gasteiger partial charge >= 0.3 is 0 Å². The van der Waals surface area contributed by atoms with E-state index in [9.17, 15) is 0 Å². The Bertz CT molecular complexity index is 4160. The summed E-state index contributed by atoms with van der Waals surface area (Å²) in [6, 6.07) is 92.0. The fourth-order valence-electron chi connectivity index (χ4n) is 11.2. The minimum Gasteiger partial charge on any atom is -0.456 e. The number of benzene rings is 10. The van der Waals surface area contributed by atoms with Crippen molar-refractivity contribution in [3.63, 3.8) is 0 Å². The summed E-state index contributed by atoms with van der Waals surface area (Å²) in [7, 11) is -2.85. The average molecular weight is 911 g/mol. The van der Waals surface area contributed by atoms with Crippen LogP contribution in [0.5, 0.6) is 0 Å². The summed E-state index contributed by atoms with van der Waals surface area (Å²) in [6.07, 6.45) is 0. The molecular weight excluding hydrogens is 869 g/mol. The predicted octanol–water partition coefficient (Wildman–Crippen LogP) is 13.3. The van der Waals surface area contributed by atoms with Gasteiger partial charge in [-0.1, -0.05) is 194 Å². The van der Waals surface area contributed by atoms with Gasteiger partial charge in [0.15, 0.2) is 8.07 Å². The Morgan fingerprint density at radius 3 is 1.39 bits per heavy atom. The lowest BCUT2D eigenvalue weighted by Gasteiger charge is -2.34. The summed E-state index contributed by atoms with van der Waals surface area (Å²) in [4.78, 5) is 11.1. The van der Waals surface area contributed by atoms with Crippen molar-refractivity contribution in [2.45, 2.75) is 0 Å². The third-order valence-electron chi connectivity index (χ3n) is 14.3. The first-order valence-electron chi connectivity index (χ1n) is 23.8. The molecule has 0 atom stereocenters. The van der Waals surface area contributed by atoms with Gasteiger partial charge in [0.2, 0.25) is 5.95 Å². The Hall–Kier alpha value is -9.10. The third kappa shape index (κ3) is 6.17. The molecule has 70 heavy (non-hydrogen) atoms. The highest BCUT2D eigenvalue weighted by Crippen LogP contribution is 2.38. The van der Waals surface area contributed by atoms with E-state index in [-0.39, 0.29) is 0 Å². The Labute approximate surface area is 404 Å². The van der Waals surface area contributed by atoms with Gasteiger partial charge in [-0.15, -0.1) is 0 Å². The number of aromatic nitrogens is 4. The molecule has 0 fully saturated rings. The first kappa shape index (κ1) is 40.0. The summed E-state index contributed by atoms with van der Waals surface area (Å²) in [5.74, 6) is 0.594. The molecule has 0 aliphatic carbocycles. The Balaban J connectivity index is 1.01. The molecular formula is C64H42N4OSi. The number of rotatable bonds is 8. The Kier molecular flexibility index (Phi) is 9.15. The molecule has 0 saturated carbocycles. The fourth-order valence-corrected chi connectivity index (χ4v) is 16.0. The highest BCUT2D eigenvalue weighted by atomic mass is 28.3. The molecule has 0 radical (unpaired) electrons. The lowest BCUT2D eigenvalue weighted by atomic mass is 10.1. The van der Waals surface area contributed by atoms with Gasteiger partial charge in [-0.05, 0) is 81.4 Å². The van der Waals surface area contributed by atoms with Crippen LogP contribution in [0, 0.1) is 0 Å². The van der Waals surface area contributed by atoms with Crippen LogP contribution in [0.1, 0.15) is 0 Å². The molecule has 0 spiro atoms. The van der Waals surface area contributed by atoms with E-state index < -0.39 is 8.07 Å². The van der Waals surface area contributed by atoms with Gasteiger partial charge in [-0.25, -0.2) is 9.97 Å². The number of hydrogen-bond donors (Lipinski definition) is 0. The SMILES string of the molecule is c1ccc([Si](c2ccccc2)(c2ccccc2)c2cccc(-c3cc(-c4ccc5c(c4)oc4ccccc45)nc(-n4c5ccccc5c5cc(-n6c7ccccc7c7ccccc76)ccc54)n3)c2)cc1. The number of para-hydroxylation sites is 4. The second kappa shape index (κ2) is 16.0. The zero-order valence-corrected chi connectivity index (χ0v) is 38.9. The molecule has 0 amide bonds. The smallest absolute Gasteiger partial charge is 0.235 e. The number of furan rings is 1. The van der Waals surface area contributed by atoms with Gasteiger partial charge in [0, 0.05) is 49.1 Å². The quantitative estimate of drug-likeness (QED) is 0.113. The van der Waals surface area contributed by atoms with E-state index in [4.69, 9.17) is 14.4 Å². The molecule has 0 aliphatic heterocycles. The molecule has 14 rings (SSSR count). The van der Waals surface area contributed by atoms with E-state index in [0.717, 1.165) is 71.9 Å². The van der Waals surface area contributed by atoms with Gasteiger partial charge in [0.05, 0.1) is 33.5 Å². The summed E-state index contributed by atoms with van der Waals surface area (Å²) < 4.78 is 11.1. The average Bonchev–Trinajstić information content (AvgIpc) is 4.09. The van der Waals surface area contributed by atoms with Crippen molar-refractivity contribution in [1.29, 1.82) is 0 Å². The van der Waals surface area contributed by atoms with E-state index >= 15 is 0 Å².